The summed E-state index contributed by atoms with van der Waals surface area (Å²) in [7, 11) is -3.35. The van der Waals surface area contributed by atoms with Gasteiger partial charge in [0.25, 0.3) is 0 Å². The maximum Gasteiger partial charge on any atom is 0.184 e. The average molecular weight is 305 g/mol. The summed E-state index contributed by atoms with van der Waals surface area (Å²) < 4.78 is 24.6. The first-order valence-electron chi connectivity index (χ1n) is 7.32. The highest BCUT2D eigenvalue weighted by atomic mass is 32.2. The predicted octanol–water partition coefficient (Wildman–Crippen LogP) is 2.83. The maximum atomic E-state index is 12.3. The van der Waals surface area contributed by atoms with Crippen LogP contribution in [0.5, 0.6) is 0 Å². The van der Waals surface area contributed by atoms with E-state index in [1.54, 1.807) is 12.1 Å². The fourth-order valence-electron chi connectivity index (χ4n) is 2.96. The first-order chi connectivity index (χ1) is 10.1. The Morgan fingerprint density at radius 2 is 1.81 bits per heavy atom. The number of sulfone groups is 1. The Kier molecular flexibility index (Phi) is 4.05. The number of benzene rings is 1. The molecule has 0 unspecified atom stereocenters. The molecular weight excluding hydrogens is 286 g/mol. The molecule has 1 fully saturated rings. The van der Waals surface area contributed by atoms with E-state index in [0.29, 0.717) is 16.5 Å². The van der Waals surface area contributed by atoms with E-state index in [4.69, 9.17) is 0 Å². The van der Waals surface area contributed by atoms with Crippen molar-refractivity contribution in [3.05, 3.63) is 41.7 Å². The van der Waals surface area contributed by atoms with E-state index >= 15 is 0 Å². The van der Waals surface area contributed by atoms with Crippen molar-refractivity contribution in [2.24, 2.45) is 0 Å². The lowest BCUT2D eigenvalue weighted by Crippen LogP contribution is -2.07. The molecule has 1 aliphatic carbocycles. The molecule has 112 valence electrons. The van der Waals surface area contributed by atoms with Crippen molar-refractivity contribution in [1.29, 1.82) is 0 Å². The summed E-state index contributed by atoms with van der Waals surface area (Å²) >= 11 is 0. The van der Waals surface area contributed by atoms with Crippen LogP contribution in [0.1, 0.15) is 49.3 Å². The molecule has 3 rings (SSSR count). The molecule has 1 aromatic carbocycles. The van der Waals surface area contributed by atoms with Gasteiger partial charge in [0.2, 0.25) is 0 Å². The van der Waals surface area contributed by atoms with Gasteiger partial charge >= 0.3 is 0 Å². The molecule has 1 N–H and O–H groups in total. The molecule has 0 aliphatic heterocycles. The normalized spacial score (nSPS) is 17.0. The van der Waals surface area contributed by atoms with Crippen molar-refractivity contribution in [3.63, 3.8) is 0 Å². The van der Waals surface area contributed by atoms with Crippen molar-refractivity contribution < 1.29 is 8.42 Å². The molecule has 1 aliphatic rings. The van der Waals surface area contributed by atoms with E-state index < -0.39 is 9.84 Å². The third kappa shape index (κ3) is 3.32. The Labute approximate surface area is 124 Å². The predicted molar refractivity (Wildman–Crippen MR) is 79.5 cm³/mol. The zero-order valence-corrected chi connectivity index (χ0v) is 12.6. The fraction of sp³-hybridized carbons (Fsp3) is 0.467. The molecule has 0 amide bonds. The molecule has 0 spiro atoms. The second-order valence-corrected chi connectivity index (χ2v) is 7.61. The summed E-state index contributed by atoms with van der Waals surface area (Å²) in [6.07, 6.45) is 7.73. The second-order valence-electron chi connectivity index (χ2n) is 5.62. The summed E-state index contributed by atoms with van der Waals surface area (Å²) in [6, 6.07) is 7.37. The minimum Gasteiger partial charge on any atom is -0.223 e. The van der Waals surface area contributed by atoms with E-state index in [2.05, 4.69) is 15.4 Å². The van der Waals surface area contributed by atoms with Gasteiger partial charge in [-0.15, -0.1) is 0 Å². The van der Waals surface area contributed by atoms with Crippen LogP contribution in [0.2, 0.25) is 0 Å². The van der Waals surface area contributed by atoms with Gasteiger partial charge in [0.05, 0.1) is 16.8 Å². The number of aromatic amines is 1. The van der Waals surface area contributed by atoms with Gasteiger partial charge in [0, 0.05) is 0 Å². The molecule has 0 radical (unpaired) electrons. The van der Waals surface area contributed by atoms with Gasteiger partial charge in [0.1, 0.15) is 5.75 Å². The minimum atomic E-state index is -3.35. The van der Waals surface area contributed by atoms with Crippen LogP contribution in [0, 0.1) is 0 Å². The molecule has 1 heterocycles. The average Bonchev–Trinajstić information content (AvgIpc) is 3.00. The molecule has 2 aromatic rings. The Morgan fingerprint density at radius 1 is 1.10 bits per heavy atom. The number of rotatable bonds is 4. The van der Waals surface area contributed by atoms with Crippen molar-refractivity contribution in [2.75, 3.05) is 0 Å². The quantitative estimate of drug-likeness (QED) is 0.942. The number of H-pyrrole nitrogens is 1. The zero-order valence-electron chi connectivity index (χ0n) is 11.8. The number of hydrogen-bond acceptors (Lipinski definition) is 4. The van der Waals surface area contributed by atoms with Gasteiger partial charge in [0.15, 0.2) is 9.84 Å². The Bertz CT molecular complexity index is 672. The lowest BCUT2D eigenvalue weighted by Gasteiger charge is -2.22. The summed E-state index contributed by atoms with van der Waals surface area (Å²) in [5, 5.41) is 9.87. The SMILES string of the molecule is O=S(=O)(Cc1cn[nH]n1)c1ccc(C2CCCCC2)cc1. The van der Waals surface area contributed by atoms with Crippen LogP contribution in [-0.4, -0.2) is 23.8 Å². The first kappa shape index (κ1) is 14.3. The van der Waals surface area contributed by atoms with E-state index in [1.807, 2.05) is 12.1 Å². The Balaban J connectivity index is 1.76. The molecule has 6 heteroatoms. The standard InChI is InChI=1S/C15H19N3O2S/c19-21(20,11-14-10-16-18-17-14)15-8-6-13(7-9-15)12-4-2-1-3-5-12/h6-10,12H,1-5,11H2,(H,16,17,18). The highest BCUT2D eigenvalue weighted by Gasteiger charge is 2.19. The van der Waals surface area contributed by atoms with Gasteiger partial charge in [-0.25, -0.2) is 8.42 Å². The summed E-state index contributed by atoms with van der Waals surface area (Å²) in [5.41, 5.74) is 1.70. The van der Waals surface area contributed by atoms with Crippen molar-refractivity contribution in [2.45, 2.75) is 48.7 Å². The van der Waals surface area contributed by atoms with Gasteiger partial charge < -0.3 is 0 Å². The largest absolute Gasteiger partial charge is 0.223 e. The van der Waals surface area contributed by atoms with Gasteiger partial charge in [-0.3, -0.25) is 0 Å². The van der Waals surface area contributed by atoms with Crippen LogP contribution >= 0.6 is 0 Å². The van der Waals surface area contributed by atoms with Crippen LogP contribution in [-0.2, 0) is 15.6 Å². The maximum absolute atomic E-state index is 12.3. The number of aromatic nitrogens is 3. The summed E-state index contributed by atoms with van der Waals surface area (Å²) in [4.78, 5) is 0.352. The lowest BCUT2D eigenvalue weighted by molar-refractivity contribution is 0.443. The topological polar surface area (TPSA) is 75.7 Å². The lowest BCUT2D eigenvalue weighted by atomic mass is 9.84. The van der Waals surface area contributed by atoms with Crippen LogP contribution in [0.3, 0.4) is 0 Å². The van der Waals surface area contributed by atoms with Crippen LogP contribution < -0.4 is 0 Å². The van der Waals surface area contributed by atoms with Crippen molar-refractivity contribution in [1.82, 2.24) is 15.4 Å². The Hall–Kier alpha value is -1.69. The van der Waals surface area contributed by atoms with Crippen LogP contribution in [0.4, 0.5) is 0 Å². The molecule has 21 heavy (non-hydrogen) atoms. The molecular formula is C15H19N3O2S. The highest BCUT2D eigenvalue weighted by molar-refractivity contribution is 7.90. The van der Waals surface area contributed by atoms with Crippen molar-refractivity contribution in [3.8, 4) is 0 Å². The van der Waals surface area contributed by atoms with Gasteiger partial charge in [-0.2, -0.15) is 15.4 Å². The van der Waals surface area contributed by atoms with Crippen LogP contribution in [0.25, 0.3) is 0 Å². The van der Waals surface area contributed by atoms with E-state index in [9.17, 15) is 8.42 Å². The number of nitrogens with one attached hydrogen (secondary N) is 1. The molecule has 5 nitrogen and oxygen atoms in total. The van der Waals surface area contributed by atoms with Crippen LogP contribution in [0.15, 0.2) is 35.4 Å². The monoisotopic (exact) mass is 305 g/mol. The van der Waals surface area contributed by atoms with E-state index in [-0.39, 0.29) is 5.75 Å². The third-order valence-electron chi connectivity index (χ3n) is 4.12. The molecule has 1 saturated carbocycles. The Morgan fingerprint density at radius 3 is 2.43 bits per heavy atom. The smallest absolute Gasteiger partial charge is 0.184 e. The fourth-order valence-corrected chi connectivity index (χ4v) is 4.20. The zero-order chi connectivity index (χ0) is 14.7. The van der Waals surface area contributed by atoms with Gasteiger partial charge in [-0.1, -0.05) is 31.4 Å². The summed E-state index contributed by atoms with van der Waals surface area (Å²) in [6.45, 7) is 0. The number of hydrogen-bond donors (Lipinski definition) is 1. The number of nitrogens with zero attached hydrogens (tertiary/aromatic N) is 2. The molecule has 0 atom stereocenters. The van der Waals surface area contributed by atoms with Crippen molar-refractivity contribution >= 4 is 9.84 Å². The van der Waals surface area contributed by atoms with E-state index in [1.165, 1.54) is 43.9 Å². The molecule has 1 aromatic heterocycles. The molecule has 0 bridgehead atoms. The highest BCUT2D eigenvalue weighted by Crippen LogP contribution is 2.33. The van der Waals surface area contributed by atoms with Gasteiger partial charge in [-0.05, 0) is 36.5 Å². The minimum absolute atomic E-state index is 0.119. The first-order valence-corrected chi connectivity index (χ1v) is 8.98. The molecule has 0 saturated heterocycles. The summed E-state index contributed by atoms with van der Waals surface area (Å²) in [5.74, 6) is 0.470. The van der Waals surface area contributed by atoms with E-state index in [0.717, 1.165) is 0 Å². The third-order valence-corrected chi connectivity index (χ3v) is 5.78. The second kappa shape index (κ2) is 5.97.